The summed E-state index contributed by atoms with van der Waals surface area (Å²) in [6.45, 7) is 2.01. The van der Waals surface area contributed by atoms with Gasteiger partial charge in [-0.3, -0.25) is 13.8 Å². The van der Waals surface area contributed by atoms with Crippen molar-refractivity contribution in [2.24, 2.45) is 0 Å². The van der Waals surface area contributed by atoms with Crippen molar-refractivity contribution in [3.05, 3.63) is 85.1 Å². The molecule has 0 aromatic heterocycles. The number of phosphoric ester groups is 1. The number of aliphatic hydroxyl groups excluding tert-OH is 1. The Morgan fingerprint density at radius 1 is 0.585 bits per heavy atom. The van der Waals surface area contributed by atoms with Crippen LogP contribution in [0.5, 0.6) is 0 Å². The van der Waals surface area contributed by atoms with E-state index in [1.54, 1.807) is 0 Å². The molecular weight excluding hydrogens is 685 g/mol. The van der Waals surface area contributed by atoms with E-state index in [9.17, 15) is 19.4 Å². The number of unbranched alkanes of at least 4 members (excludes halogenated alkanes) is 11. The van der Waals surface area contributed by atoms with E-state index >= 15 is 0 Å². The van der Waals surface area contributed by atoms with Gasteiger partial charge in [-0.1, -0.05) is 150 Å². The number of likely N-dealkylation sites (N-methyl/N-ethyl adjacent to an activating group) is 1. The number of hydrogen-bond donors (Lipinski definition) is 2. The van der Waals surface area contributed by atoms with E-state index in [1.165, 1.54) is 57.8 Å². The molecule has 0 aromatic carbocycles. The Kier molecular flexibility index (Phi) is 35.0. The molecule has 8 nitrogen and oxygen atoms in total. The highest BCUT2D eigenvalue weighted by Gasteiger charge is 2.24. The topological polar surface area (TPSA) is 102 Å². The largest absolute Gasteiger partial charge is 0.472 e. The molecule has 0 aliphatic rings. The zero-order valence-corrected chi connectivity index (χ0v) is 34.9. The summed E-state index contributed by atoms with van der Waals surface area (Å²) in [5.74, 6) is -0.379. The Bertz CT molecular complexity index is 1120. The summed E-state index contributed by atoms with van der Waals surface area (Å²) < 4.78 is 27.2. The first-order valence-corrected chi connectivity index (χ1v) is 21.9. The Hall–Kier alpha value is -2.32. The molecule has 0 heterocycles. The van der Waals surface area contributed by atoms with E-state index in [0.29, 0.717) is 17.4 Å². The quantitative estimate of drug-likeness (QED) is 0.0215. The average molecular weight is 763 g/mol. The Labute approximate surface area is 324 Å². The van der Waals surface area contributed by atoms with Gasteiger partial charge in [0, 0.05) is 6.42 Å². The normalized spacial score (nSPS) is 14.8. The maximum absolute atomic E-state index is 11.9. The molecule has 0 aliphatic heterocycles. The van der Waals surface area contributed by atoms with E-state index in [2.05, 4.69) is 92.0 Å². The van der Waals surface area contributed by atoms with Crippen LogP contribution in [0.1, 0.15) is 135 Å². The molecule has 53 heavy (non-hydrogen) atoms. The molecule has 0 saturated heterocycles. The van der Waals surface area contributed by atoms with Crippen LogP contribution in [0.25, 0.3) is 0 Å². The Morgan fingerprint density at radius 3 is 1.42 bits per heavy atom. The SMILES string of the molecule is CC/C=C\C/C=C\C/C=C\C/C=C\C/C=C\C/C=C\C/C=C\CCCCCCCCCCCCCC(=O)OCC(O)COP(=O)(O)OCC[N+](C)(C)C. The molecule has 304 valence electrons. The van der Waals surface area contributed by atoms with Crippen LogP contribution in [0.2, 0.25) is 0 Å². The number of rotatable bonds is 36. The fraction of sp³-hybridized carbons (Fsp3) is 0.659. The maximum atomic E-state index is 11.9. The minimum absolute atomic E-state index is 0.0503. The van der Waals surface area contributed by atoms with Crippen LogP contribution in [-0.2, 0) is 23.1 Å². The van der Waals surface area contributed by atoms with Crippen molar-refractivity contribution in [2.75, 3.05) is 47.5 Å². The lowest BCUT2D eigenvalue weighted by Crippen LogP contribution is -2.37. The third-order valence-corrected chi connectivity index (χ3v) is 9.15. The van der Waals surface area contributed by atoms with Crippen LogP contribution in [0.3, 0.4) is 0 Å². The molecule has 0 spiro atoms. The molecule has 2 unspecified atom stereocenters. The predicted octanol–water partition coefficient (Wildman–Crippen LogP) is 11.4. The van der Waals surface area contributed by atoms with Gasteiger partial charge >= 0.3 is 13.8 Å². The lowest BCUT2D eigenvalue weighted by atomic mass is 10.0. The van der Waals surface area contributed by atoms with Gasteiger partial charge in [-0.15, -0.1) is 0 Å². The summed E-state index contributed by atoms with van der Waals surface area (Å²) >= 11 is 0. The van der Waals surface area contributed by atoms with E-state index < -0.39 is 20.5 Å². The van der Waals surface area contributed by atoms with Crippen molar-refractivity contribution in [1.82, 2.24) is 0 Å². The molecule has 2 atom stereocenters. The highest BCUT2D eigenvalue weighted by atomic mass is 31.2. The average Bonchev–Trinajstić information content (AvgIpc) is 3.11. The molecule has 0 aromatic rings. The summed E-state index contributed by atoms with van der Waals surface area (Å²) in [7, 11) is 1.55. The van der Waals surface area contributed by atoms with Crippen molar-refractivity contribution < 1.29 is 37.6 Å². The van der Waals surface area contributed by atoms with E-state index in [4.69, 9.17) is 13.8 Å². The van der Waals surface area contributed by atoms with E-state index in [0.717, 1.165) is 64.2 Å². The van der Waals surface area contributed by atoms with Crippen molar-refractivity contribution in [2.45, 2.75) is 141 Å². The highest BCUT2D eigenvalue weighted by Crippen LogP contribution is 2.43. The second-order valence-corrected chi connectivity index (χ2v) is 16.0. The fourth-order valence-electron chi connectivity index (χ4n) is 4.99. The zero-order valence-electron chi connectivity index (χ0n) is 34.0. The van der Waals surface area contributed by atoms with Crippen molar-refractivity contribution in [1.29, 1.82) is 0 Å². The van der Waals surface area contributed by atoms with Gasteiger partial charge in [0.2, 0.25) is 0 Å². The van der Waals surface area contributed by atoms with Crippen LogP contribution in [0.15, 0.2) is 85.1 Å². The van der Waals surface area contributed by atoms with E-state index in [-0.39, 0.29) is 19.2 Å². The summed E-state index contributed by atoms with van der Waals surface area (Å²) in [5.41, 5.74) is 0. The number of carbonyl (C=O) groups excluding carboxylic acids is 1. The Balaban J connectivity index is 3.52. The first kappa shape index (κ1) is 50.7. The van der Waals surface area contributed by atoms with Gasteiger partial charge in [-0.2, -0.15) is 0 Å². The van der Waals surface area contributed by atoms with Crippen LogP contribution in [-0.4, -0.2) is 74.1 Å². The molecule has 9 heteroatoms. The van der Waals surface area contributed by atoms with Crippen molar-refractivity contribution in [3.8, 4) is 0 Å². The number of phosphoric acid groups is 1. The predicted molar refractivity (Wildman–Crippen MR) is 224 cm³/mol. The lowest BCUT2D eigenvalue weighted by Gasteiger charge is -2.24. The number of hydrogen-bond acceptors (Lipinski definition) is 6. The second kappa shape index (κ2) is 36.6. The van der Waals surface area contributed by atoms with Gasteiger partial charge in [0.05, 0.1) is 27.7 Å². The summed E-state index contributed by atoms with van der Waals surface area (Å²) in [6.07, 6.45) is 51.9. The van der Waals surface area contributed by atoms with Gasteiger partial charge in [0.25, 0.3) is 0 Å². The third kappa shape index (κ3) is 42.3. The standard InChI is InChI=1S/C44H76NO7P/c1-5-6-7-8-9-10-11-12-13-14-15-16-17-18-19-20-21-22-23-24-25-26-27-28-29-30-31-32-33-34-35-36-37-38-44(47)50-41-43(46)42-52-53(48,49)51-40-39-45(2,3)4/h6-7,9-10,12-13,15-16,18-19,21-22,24-25,43,46H,5,8,11,14,17,20,23,26-42H2,1-4H3/p+1/b7-6-,10-9-,13-12-,16-15-,19-18-,22-21-,25-24-. The first-order valence-electron chi connectivity index (χ1n) is 20.4. The number of esters is 1. The van der Waals surface area contributed by atoms with Gasteiger partial charge in [0.1, 0.15) is 25.9 Å². The fourth-order valence-corrected chi connectivity index (χ4v) is 5.74. The summed E-state index contributed by atoms with van der Waals surface area (Å²) in [6, 6.07) is 0. The second-order valence-electron chi connectivity index (χ2n) is 14.5. The van der Waals surface area contributed by atoms with Crippen molar-refractivity contribution in [3.63, 3.8) is 0 Å². The number of quaternary nitrogens is 1. The van der Waals surface area contributed by atoms with Crippen molar-refractivity contribution >= 4 is 13.8 Å². The third-order valence-electron chi connectivity index (χ3n) is 8.17. The van der Waals surface area contributed by atoms with Crippen LogP contribution in [0, 0.1) is 0 Å². The molecule has 0 aliphatic carbocycles. The Morgan fingerprint density at radius 2 is 0.981 bits per heavy atom. The molecule has 0 rings (SSSR count). The highest BCUT2D eigenvalue weighted by molar-refractivity contribution is 7.47. The number of ether oxygens (including phenoxy) is 1. The van der Waals surface area contributed by atoms with Crippen LogP contribution in [0.4, 0.5) is 0 Å². The number of nitrogens with zero attached hydrogens (tertiary/aromatic N) is 1. The number of aliphatic hydroxyl groups is 1. The molecule has 0 radical (unpaired) electrons. The minimum Gasteiger partial charge on any atom is -0.463 e. The monoisotopic (exact) mass is 763 g/mol. The zero-order chi connectivity index (χ0) is 39.1. The van der Waals surface area contributed by atoms with Gasteiger partial charge < -0.3 is 19.2 Å². The molecule has 0 fully saturated rings. The summed E-state index contributed by atoms with van der Waals surface area (Å²) in [5, 5.41) is 9.91. The smallest absolute Gasteiger partial charge is 0.463 e. The summed E-state index contributed by atoms with van der Waals surface area (Å²) in [4.78, 5) is 21.6. The maximum Gasteiger partial charge on any atom is 0.472 e. The minimum atomic E-state index is -4.26. The molecule has 0 amide bonds. The van der Waals surface area contributed by atoms with Gasteiger partial charge in [-0.25, -0.2) is 4.57 Å². The lowest BCUT2D eigenvalue weighted by molar-refractivity contribution is -0.870. The van der Waals surface area contributed by atoms with Crippen LogP contribution < -0.4 is 0 Å². The van der Waals surface area contributed by atoms with E-state index in [1.807, 2.05) is 21.1 Å². The molecule has 0 bridgehead atoms. The molecular formula is C44H77NO7P+. The molecule has 0 saturated carbocycles. The first-order chi connectivity index (χ1) is 25.6. The van der Waals surface area contributed by atoms with Gasteiger partial charge in [-0.05, 0) is 64.2 Å². The molecule has 2 N–H and O–H groups in total. The number of carbonyl (C=O) groups is 1. The van der Waals surface area contributed by atoms with Crippen LogP contribution >= 0.6 is 7.82 Å². The number of allylic oxidation sites excluding steroid dienone is 14. The van der Waals surface area contributed by atoms with Gasteiger partial charge in [0.15, 0.2) is 0 Å².